The van der Waals surface area contributed by atoms with Crippen LogP contribution in [0.4, 0.5) is 20.3 Å². The standard InChI is InChI=1S/C27H28BrF2N3O3/c1-5-27(6-2,14-13-24(34)36-4)25-26(28)31-16-23(32-25)33(22-12-9-19(29)15-21(22)30)17-18-7-10-20(35-3)11-8-18/h7-16H,5-6,17H2,1-4H3/b14-13+. The second kappa shape index (κ2) is 12.1. The highest BCUT2D eigenvalue weighted by Crippen LogP contribution is 2.38. The van der Waals surface area contributed by atoms with Crippen LogP contribution in [0.3, 0.4) is 0 Å². The first-order valence-electron chi connectivity index (χ1n) is 11.4. The van der Waals surface area contributed by atoms with Crippen molar-refractivity contribution < 1.29 is 23.0 Å². The summed E-state index contributed by atoms with van der Waals surface area (Å²) in [5.41, 5.74) is 0.961. The fourth-order valence-electron chi connectivity index (χ4n) is 3.91. The van der Waals surface area contributed by atoms with Crippen LogP contribution in [0.2, 0.25) is 0 Å². The summed E-state index contributed by atoms with van der Waals surface area (Å²) in [5, 5.41) is 0. The SMILES string of the molecule is CCC(/C=C/C(=O)OC)(CC)c1nc(N(Cc2ccc(OC)cc2)c2ccc(F)cc2F)cnc1Br. The summed E-state index contributed by atoms with van der Waals surface area (Å²) in [4.78, 5) is 22.9. The number of anilines is 2. The molecule has 1 heterocycles. The molecule has 0 fully saturated rings. The topological polar surface area (TPSA) is 64.5 Å². The Morgan fingerprint density at radius 2 is 1.81 bits per heavy atom. The van der Waals surface area contributed by atoms with Gasteiger partial charge in [-0.3, -0.25) is 0 Å². The van der Waals surface area contributed by atoms with Crippen LogP contribution in [-0.2, 0) is 21.5 Å². The van der Waals surface area contributed by atoms with Crippen LogP contribution in [0.15, 0.2) is 65.4 Å². The lowest BCUT2D eigenvalue weighted by Gasteiger charge is -2.30. The number of benzene rings is 2. The Labute approximate surface area is 218 Å². The minimum atomic E-state index is -0.724. The van der Waals surface area contributed by atoms with Gasteiger partial charge in [-0.15, -0.1) is 0 Å². The van der Waals surface area contributed by atoms with Crippen molar-refractivity contribution in [3.8, 4) is 5.75 Å². The first kappa shape index (κ1) is 27.3. The summed E-state index contributed by atoms with van der Waals surface area (Å²) in [6.07, 6.45) is 5.92. The molecular formula is C27H28BrF2N3O3. The van der Waals surface area contributed by atoms with Crippen LogP contribution < -0.4 is 9.64 Å². The van der Waals surface area contributed by atoms with Gasteiger partial charge in [0.2, 0.25) is 0 Å². The number of aromatic nitrogens is 2. The Morgan fingerprint density at radius 1 is 1.11 bits per heavy atom. The quantitative estimate of drug-likeness (QED) is 0.204. The van der Waals surface area contributed by atoms with E-state index in [0.717, 1.165) is 11.6 Å². The predicted octanol–water partition coefficient (Wildman–Crippen LogP) is 6.65. The molecule has 0 N–H and O–H groups in total. The smallest absolute Gasteiger partial charge is 0.330 e. The maximum absolute atomic E-state index is 15.0. The van der Waals surface area contributed by atoms with Gasteiger partial charge in [-0.2, -0.15) is 0 Å². The number of ether oxygens (including phenoxy) is 2. The molecule has 6 nitrogen and oxygen atoms in total. The molecule has 190 valence electrons. The van der Waals surface area contributed by atoms with E-state index in [-0.39, 0.29) is 12.2 Å². The van der Waals surface area contributed by atoms with Crippen molar-refractivity contribution in [2.24, 2.45) is 0 Å². The molecule has 0 saturated carbocycles. The lowest BCUT2D eigenvalue weighted by molar-refractivity contribution is -0.134. The molecule has 0 amide bonds. The molecule has 0 unspecified atom stereocenters. The number of allylic oxidation sites excluding steroid dienone is 1. The Kier molecular flexibility index (Phi) is 9.14. The summed E-state index contributed by atoms with van der Waals surface area (Å²) >= 11 is 3.50. The monoisotopic (exact) mass is 559 g/mol. The molecular weight excluding hydrogens is 532 g/mol. The van der Waals surface area contributed by atoms with E-state index in [4.69, 9.17) is 14.5 Å². The molecule has 0 atom stereocenters. The average molecular weight is 560 g/mol. The van der Waals surface area contributed by atoms with Crippen molar-refractivity contribution in [3.05, 3.63) is 88.3 Å². The van der Waals surface area contributed by atoms with E-state index in [0.29, 0.717) is 34.7 Å². The van der Waals surface area contributed by atoms with Crippen LogP contribution in [0, 0.1) is 11.6 Å². The molecule has 36 heavy (non-hydrogen) atoms. The van der Waals surface area contributed by atoms with Crippen LogP contribution in [0.5, 0.6) is 5.75 Å². The lowest BCUT2D eigenvalue weighted by atomic mass is 9.79. The third kappa shape index (κ3) is 6.07. The molecule has 0 aliphatic carbocycles. The van der Waals surface area contributed by atoms with Crippen LogP contribution in [-0.4, -0.2) is 30.2 Å². The number of hydrogen-bond donors (Lipinski definition) is 0. The minimum absolute atomic E-state index is 0.151. The Bertz CT molecular complexity index is 1230. The molecule has 3 aromatic rings. The van der Waals surface area contributed by atoms with E-state index in [1.807, 2.05) is 38.1 Å². The number of esters is 1. The van der Waals surface area contributed by atoms with Crippen molar-refractivity contribution >= 4 is 33.4 Å². The number of methoxy groups -OCH3 is 2. The van der Waals surface area contributed by atoms with Gasteiger partial charge in [0.15, 0.2) is 5.82 Å². The fourth-order valence-corrected chi connectivity index (χ4v) is 4.50. The first-order chi connectivity index (χ1) is 17.3. The number of rotatable bonds is 10. The van der Waals surface area contributed by atoms with Gasteiger partial charge >= 0.3 is 5.97 Å². The molecule has 0 aliphatic heterocycles. The van der Waals surface area contributed by atoms with E-state index in [2.05, 4.69) is 20.9 Å². The van der Waals surface area contributed by atoms with Gasteiger partial charge in [-0.05, 0) is 58.6 Å². The zero-order valence-electron chi connectivity index (χ0n) is 20.6. The van der Waals surface area contributed by atoms with Crippen LogP contribution in [0.25, 0.3) is 0 Å². The predicted molar refractivity (Wildman–Crippen MR) is 138 cm³/mol. The van der Waals surface area contributed by atoms with Crippen molar-refractivity contribution in [1.29, 1.82) is 0 Å². The number of carbonyl (C=O) groups excluding carboxylic acids is 1. The lowest BCUT2D eigenvalue weighted by Crippen LogP contribution is -2.27. The second-order valence-corrected chi connectivity index (χ2v) is 8.87. The van der Waals surface area contributed by atoms with Gasteiger partial charge in [0.05, 0.1) is 31.8 Å². The van der Waals surface area contributed by atoms with E-state index < -0.39 is 23.0 Å². The molecule has 0 saturated heterocycles. The Morgan fingerprint density at radius 3 is 2.39 bits per heavy atom. The third-order valence-corrected chi connectivity index (χ3v) is 6.75. The highest BCUT2D eigenvalue weighted by Gasteiger charge is 2.32. The number of nitrogens with zero attached hydrogens (tertiary/aromatic N) is 3. The normalized spacial score (nSPS) is 11.5. The van der Waals surface area contributed by atoms with Crippen molar-refractivity contribution in [3.63, 3.8) is 0 Å². The summed E-state index contributed by atoms with van der Waals surface area (Å²) in [6.45, 7) is 4.22. The summed E-state index contributed by atoms with van der Waals surface area (Å²) in [5.74, 6) is -0.815. The first-order valence-corrected chi connectivity index (χ1v) is 12.2. The summed E-state index contributed by atoms with van der Waals surface area (Å²) < 4.78 is 39.2. The van der Waals surface area contributed by atoms with Gasteiger partial charge in [0, 0.05) is 24.1 Å². The van der Waals surface area contributed by atoms with E-state index in [1.165, 1.54) is 31.5 Å². The largest absolute Gasteiger partial charge is 0.497 e. The third-order valence-electron chi connectivity index (χ3n) is 6.16. The van der Waals surface area contributed by atoms with Crippen molar-refractivity contribution in [2.75, 3.05) is 19.1 Å². The summed E-state index contributed by atoms with van der Waals surface area (Å²) in [7, 11) is 2.90. The molecule has 0 radical (unpaired) electrons. The van der Waals surface area contributed by atoms with Gasteiger partial charge < -0.3 is 14.4 Å². The fraction of sp³-hybridized carbons (Fsp3) is 0.296. The highest BCUT2D eigenvalue weighted by atomic mass is 79.9. The van der Waals surface area contributed by atoms with E-state index in [9.17, 15) is 13.6 Å². The second-order valence-electron chi connectivity index (χ2n) is 8.12. The van der Waals surface area contributed by atoms with Gasteiger partial charge in [-0.1, -0.05) is 32.1 Å². The highest BCUT2D eigenvalue weighted by molar-refractivity contribution is 9.10. The van der Waals surface area contributed by atoms with Gasteiger partial charge in [0.1, 0.15) is 22.0 Å². The molecule has 9 heteroatoms. The number of carbonyl (C=O) groups is 1. The Hall–Kier alpha value is -3.33. The molecule has 3 rings (SSSR count). The van der Waals surface area contributed by atoms with E-state index >= 15 is 0 Å². The van der Waals surface area contributed by atoms with Gasteiger partial charge in [0.25, 0.3) is 0 Å². The maximum Gasteiger partial charge on any atom is 0.330 e. The molecule has 0 bridgehead atoms. The number of hydrogen-bond acceptors (Lipinski definition) is 6. The Balaban J connectivity index is 2.15. The molecule has 1 aromatic heterocycles. The zero-order valence-corrected chi connectivity index (χ0v) is 22.2. The minimum Gasteiger partial charge on any atom is -0.497 e. The van der Waals surface area contributed by atoms with Crippen LogP contribution >= 0.6 is 15.9 Å². The molecule has 0 aliphatic rings. The molecule has 2 aromatic carbocycles. The zero-order chi connectivity index (χ0) is 26.3. The average Bonchev–Trinajstić information content (AvgIpc) is 2.89. The van der Waals surface area contributed by atoms with Crippen molar-refractivity contribution in [1.82, 2.24) is 9.97 Å². The number of halogens is 3. The maximum atomic E-state index is 15.0. The van der Waals surface area contributed by atoms with Crippen LogP contribution in [0.1, 0.15) is 37.9 Å². The van der Waals surface area contributed by atoms with E-state index in [1.54, 1.807) is 18.1 Å². The van der Waals surface area contributed by atoms with Gasteiger partial charge in [-0.25, -0.2) is 23.5 Å². The van der Waals surface area contributed by atoms with Crippen molar-refractivity contribution in [2.45, 2.75) is 38.6 Å². The molecule has 0 spiro atoms. The summed E-state index contributed by atoms with van der Waals surface area (Å²) in [6, 6.07) is 10.8.